The predicted octanol–water partition coefficient (Wildman–Crippen LogP) is -0.00820. The molecule has 0 aromatic heterocycles. The van der Waals surface area contributed by atoms with E-state index in [0.29, 0.717) is 13.1 Å². The van der Waals surface area contributed by atoms with Gasteiger partial charge >= 0.3 is 6.18 Å². The minimum atomic E-state index is -4.34. The first-order valence-corrected chi connectivity index (χ1v) is 5.10. The zero-order chi connectivity index (χ0) is 12.4. The number of carbonyl (C=O) groups is 1. The van der Waals surface area contributed by atoms with Gasteiger partial charge in [-0.05, 0) is 25.4 Å². The van der Waals surface area contributed by atoms with Gasteiger partial charge in [0.05, 0.1) is 6.54 Å². The van der Waals surface area contributed by atoms with E-state index in [-0.39, 0.29) is 12.3 Å². The lowest BCUT2D eigenvalue weighted by atomic mass is 9.79. The molecule has 1 fully saturated rings. The van der Waals surface area contributed by atoms with Gasteiger partial charge in [-0.15, -0.1) is 0 Å². The van der Waals surface area contributed by atoms with Gasteiger partial charge in [-0.1, -0.05) is 6.92 Å². The zero-order valence-electron chi connectivity index (χ0n) is 9.03. The molecule has 0 bridgehead atoms. The van der Waals surface area contributed by atoms with Gasteiger partial charge in [0.1, 0.15) is 5.54 Å². The predicted molar refractivity (Wildman–Crippen MR) is 52.6 cm³/mol. The Labute approximate surface area is 91.8 Å². The smallest absolute Gasteiger partial charge is 0.368 e. The second kappa shape index (κ2) is 4.58. The third kappa shape index (κ3) is 2.85. The average Bonchev–Trinajstić information content (AvgIpc) is 2.15. The number of nitrogens with one attached hydrogen (secondary N) is 2. The van der Waals surface area contributed by atoms with Crippen molar-refractivity contribution in [2.24, 2.45) is 11.7 Å². The van der Waals surface area contributed by atoms with Crippen molar-refractivity contribution < 1.29 is 18.0 Å². The second-order valence-electron chi connectivity index (χ2n) is 4.16. The Hall–Kier alpha value is -0.820. The summed E-state index contributed by atoms with van der Waals surface area (Å²) in [5.74, 6) is -0.980. The van der Waals surface area contributed by atoms with Crippen LogP contribution in [-0.2, 0) is 4.79 Å². The lowest BCUT2D eigenvalue weighted by molar-refractivity contribution is -0.139. The van der Waals surface area contributed by atoms with Gasteiger partial charge in [0.25, 0.3) is 0 Å². The normalized spacial score (nSPS) is 31.4. The maximum atomic E-state index is 12.1. The number of hydrogen-bond acceptors (Lipinski definition) is 3. The largest absolute Gasteiger partial charge is 0.401 e. The molecule has 2 atom stereocenters. The molecule has 4 nitrogen and oxygen atoms in total. The lowest BCUT2D eigenvalue weighted by Crippen LogP contribution is -2.66. The van der Waals surface area contributed by atoms with Crippen molar-refractivity contribution in [2.75, 3.05) is 19.6 Å². The summed E-state index contributed by atoms with van der Waals surface area (Å²) in [7, 11) is 0. The molecule has 7 heteroatoms. The first kappa shape index (κ1) is 13.2. The maximum absolute atomic E-state index is 12.1. The Kier molecular flexibility index (Phi) is 3.80. The minimum Gasteiger partial charge on any atom is -0.368 e. The fourth-order valence-corrected chi connectivity index (χ4v) is 2.00. The van der Waals surface area contributed by atoms with E-state index in [1.54, 1.807) is 6.92 Å². The summed E-state index contributed by atoms with van der Waals surface area (Å²) in [6.45, 7) is 1.48. The van der Waals surface area contributed by atoms with Crippen LogP contribution in [0, 0.1) is 5.92 Å². The molecular weight excluding hydrogens is 223 g/mol. The van der Waals surface area contributed by atoms with Crippen LogP contribution in [0.2, 0.25) is 0 Å². The fourth-order valence-electron chi connectivity index (χ4n) is 2.00. The molecule has 0 aromatic carbocycles. The molecule has 1 saturated heterocycles. The maximum Gasteiger partial charge on any atom is 0.401 e. The van der Waals surface area contributed by atoms with E-state index in [0.717, 1.165) is 0 Å². The third-order valence-electron chi connectivity index (χ3n) is 3.03. The summed E-state index contributed by atoms with van der Waals surface area (Å²) in [5.41, 5.74) is 3.98. The van der Waals surface area contributed by atoms with Crippen molar-refractivity contribution in [1.82, 2.24) is 10.6 Å². The van der Waals surface area contributed by atoms with Crippen LogP contribution in [0.15, 0.2) is 0 Å². The summed E-state index contributed by atoms with van der Waals surface area (Å²) < 4.78 is 36.4. The van der Waals surface area contributed by atoms with Crippen molar-refractivity contribution in [1.29, 1.82) is 0 Å². The number of hydrogen-bond donors (Lipinski definition) is 3. The number of rotatable bonds is 3. The summed E-state index contributed by atoms with van der Waals surface area (Å²) in [4.78, 5) is 11.4. The van der Waals surface area contributed by atoms with Crippen LogP contribution in [0.1, 0.15) is 13.3 Å². The minimum absolute atomic E-state index is 0.263. The first-order valence-electron chi connectivity index (χ1n) is 5.10. The van der Waals surface area contributed by atoms with Crippen LogP contribution in [0.3, 0.4) is 0 Å². The average molecular weight is 239 g/mol. The first-order chi connectivity index (χ1) is 7.28. The van der Waals surface area contributed by atoms with E-state index in [4.69, 9.17) is 5.73 Å². The van der Waals surface area contributed by atoms with E-state index < -0.39 is 24.2 Å². The molecule has 1 rings (SSSR count). The van der Waals surface area contributed by atoms with Gasteiger partial charge in [-0.2, -0.15) is 13.2 Å². The van der Waals surface area contributed by atoms with Gasteiger partial charge in [0.2, 0.25) is 5.91 Å². The van der Waals surface area contributed by atoms with Crippen molar-refractivity contribution in [3.8, 4) is 0 Å². The molecule has 94 valence electrons. The van der Waals surface area contributed by atoms with E-state index in [1.165, 1.54) is 0 Å². The number of halogens is 3. The van der Waals surface area contributed by atoms with Gasteiger partial charge in [0.15, 0.2) is 0 Å². The summed E-state index contributed by atoms with van der Waals surface area (Å²) >= 11 is 0. The topological polar surface area (TPSA) is 67.2 Å². The van der Waals surface area contributed by atoms with Crippen LogP contribution in [-0.4, -0.2) is 37.3 Å². The second-order valence-corrected chi connectivity index (χ2v) is 4.16. The molecule has 0 spiro atoms. The Bertz CT molecular complexity index is 269. The van der Waals surface area contributed by atoms with Crippen molar-refractivity contribution in [2.45, 2.75) is 25.1 Å². The highest BCUT2D eigenvalue weighted by Gasteiger charge is 2.45. The Morgan fingerprint density at radius 1 is 1.62 bits per heavy atom. The molecule has 0 saturated carbocycles. The quantitative estimate of drug-likeness (QED) is 0.649. The number of alkyl halides is 3. The van der Waals surface area contributed by atoms with Gasteiger partial charge in [0, 0.05) is 0 Å². The third-order valence-corrected chi connectivity index (χ3v) is 3.03. The summed E-state index contributed by atoms with van der Waals surface area (Å²) in [6.07, 6.45) is -4.06. The zero-order valence-corrected chi connectivity index (χ0v) is 9.03. The molecule has 0 radical (unpaired) electrons. The molecule has 1 aliphatic heterocycles. The Balaban J connectivity index is 2.76. The van der Waals surface area contributed by atoms with Crippen LogP contribution < -0.4 is 16.4 Å². The van der Waals surface area contributed by atoms with E-state index in [1.807, 2.05) is 0 Å². The van der Waals surface area contributed by atoms with Gasteiger partial charge in [-0.3, -0.25) is 10.1 Å². The van der Waals surface area contributed by atoms with E-state index in [9.17, 15) is 18.0 Å². The molecular formula is C9H16F3N3O. The van der Waals surface area contributed by atoms with Crippen LogP contribution in [0.5, 0.6) is 0 Å². The number of piperidine rings is 1. The molecule has 1 aliphatic rings. The number of primary amides is 1. The molecule has 4 N–H and O–H groups in total. The van der Waals surface area contributed by atoms with Crippen molar-refractivity contribution in [3.63, 3.8) is 0 Å². The van der Waals surface area contributed by atoms with E-state index >= 15 is 0 Å². The summed E-state index contributed by atoms with van der Waals surface area (Å²) in [6, 6.07) is 0. The Morgan fingerprint density at radius 2 is 2.25 bits per heavy atom. The van der Waals surface area contributed by atoms with Crippen LogP contribution in [0.25, 0.3) is 0 Å². The molecule has 16 heavy (non-hydrogen) atoms. The van der Waals surface area contributed by atoms with Crippen molar-refractivity contribution in [3.05, 3.63) is 0 Å². The lowest BCUT2D eigenvalue weighted by Gasteiger charge is -2.41. The molecule has 1 heterocycles. The highest BCUT2D eigenvalue weighted by atomic mass is 19.4. The number of nitrogens with two attached hydrogens (primary N) is 1. The molecule has 0 aliphatic carbocycles. The van der Waals surface area contributed by atoms with Crippen LogP contribution >= 0.6 is 0 Å². The van der Waals surface area contributed by atoms with Crippen molar-refractivity contribution >= 4 is 5.91 Å². The molecule has 1 amide bonds. The monoisotopic (exact) mass is 239 g/mol. The van der Waals surface area contributed by atoms with Gasteiger partial charge in [-0.25, -0.2) is 0 Å². The SMILES string of the molecule is CC1CNCCC1(NCC(F)(F)F)C(N)=O. The number of amides is 1. The number of carbonyl (C=O) groups excluding carboxylic acids is 1. The Morgan fingerprint density at radius 3 is 2.69 bits per heavy atom. The molecule has 0 aromatic rings. The summed E-state index contributed by atoms with van der Waals surface area (Å²) in [5, 5.41) is 5.30. The van der Waals surface area contributed by atoms with Gasteiger partial charge < -0.3 is 11.1 Å². The molecule has 2 unspecified atom stereocenters. The highest BCUT2D eigenvalue weighted by molar-refractivity contribution is 5.85. The standard InChI is InChI=1S/C9H16F3N3O/c1-6-4-14-3-2-8(6,7(13)16)15-5-9(10,11)12/h6,14-15H,2-5H2,1H3,(H2,13,16). The van der Waals surface area contributed by atoms with Crippen LogP contribution in [0.4, 0.5) is 13.2 Å². The fraction of sp³-hybridized carbons (Fsp3) is 0.889. The highest BCUT2D eigenvalue weighted by Crippen LogP contribution is 2.25. The van der Waals surface area contributed by atoms with E-state index in [2.05, 4.69) is 10.6 Å².